The third-order valence-corrected chi connectivity index (χ3v) is 3.73. The van der Waals surface area contributed by atoms with Crippen molar-refractivity contribution in [3.63, 3.8) is 0 Å². The summed E-state index contributed by atoms with van der Waals surface area (Å²) in [4.78, 5) is 17.9. The molecule has 100 valence electrons. The zero-order chi connectivity index (χ0) is 13.2. The third-order valence-electron chi connectivity index (χ3n) is 3.09. The smallest absolute Gasteiger partial charge is 0.276 e. The molecule has 1 aliphatic rings. The van der Waals surface area contributed by atoms with Crippen LogP contribution in [0.5, 0.6) is 0 Å². The molecule has 7 nitrogen and oxygen atoms in total. The van der Waals surface area contributed by atoms with Crippen LogP contribution in [-0.4, -0.2) is 50.9 Å². The van der Waals surface area contributed by atoms with Crippen molar-refractivity contribution in [3.8, 4) is 0 Å². The predicted octanol–water partition coefficient (Wildman–Crippen LogP) is 0.151. The molecule has 1 saturated heterocycles. The molecule has 1 fully saturated rings. The predicted molar refractivity (Wildman–Crippen MR) is 69.8 cm³/mol. The molecule has 0 atom stereocenters. The first-order chi connectivity index (χ1) is 9.24. The fourth-order valence-electron chi connectivity index (χ4n) is 1.84. The average Bonchev–Trinajstić information content (AvgIpc) is 2.97. The second-order valence-electron chi connectivity index (χ2n) is 4.54. The van der Waals surface area contributed by atoms with Crippen molar-refractivity contribution in [1.29, 1.82) is 0 Å². The lowest BCUT2D eigenvalue weighted by Crippen LogP contribution is -2.43. The van der Waals surface area contributed by atoms with Gasteiger partial charge in [0.15, 0.2) is 5.69 Å². The van der Waals surface area contributed by atoms with E-state index in [0.717, 1.165) is 18.8 Å². The van der Waals surface area contributed by atoms with E-state index in [1.54, 1.807) is 28.3 Å². The van der Waals surface area contributed by atoms with Crippen LogP contribution in [0.4, 0.5) is 0 Å². The largest absolute Gasteiger partial charge is 0.334 e. The Morgan fingerprint density at radius 1 is 1.63 bits per heavy atom. The molecular weight excluding hydrogens is 264 g/mol. The molecule has 3 rings (SSSR count). The molecule has 0 radical (unpaired) electrons. The van der Waals surface area contributed by atoms with Gasteiger partial charge < -0.3 is 10.2 Å². The van der Waals surface area contributed by atoms with Gasteiger partial charge in [0.2, 0.25) is 0 Å². The number of nitrogens with zero attached hydrogens (tertiary/aromatic N) is 5. The van der Waals surface area contributed by atoms with Crippen molar-refractivity contribution in [2.75, 3.05) is 20.1 Å². The second kappa shape index (κ2) is 5.06. The summed E-state index contributed by atoms with van der Waals surface area (Å²) in [6.45, 7) is 2.25. The third kappa shape index (κ3) is 2.49. The van der Waals surface area contributed by atoms with E-state index < -0.39 is 0 Å². The van der Waals surface area contributed by atoms with E-state index in [0.29, 0.717) is 18.3 Å². The van der Waals surface area contributed by atoms with Gasteiger partial charge in [-0.1, -0.05) is 5.21 Å². The molecule has 2 aromatic rings. The van der Waals surface area contributed by atoms with E-state index in [1.165, 1.54) is 11.3 Å². The van der Waals surface area contributed by atoms with Crippen LogP contribution < -0.4 is 5.32 Å². The van der Waals surface area contributed by atoms with Gasteiger partial charge in [0.25, 0.3) is 5.91 Å². The molecule has 0 aliphatic carbocycles. The molecule has 0 spiro atoms. The first-order valence-corrected chi connectivity index (χ1v) is 6.93. The van der Waals surface area contributed by atoms with Crippen LogP contribution >= 0.6 is 11.3 Å². The van der Waals surface area contributed by atoms with Crippen LogP contribution in [-0.2, 0) is 6.54 Å². The number of nitrogens with one attached hydrogen (secondary N) is 1. The van der Waals surface area contributed by atoms with Gasteiger partial charge in [0.05, 0.1) is 30.0 Å². The van der Waals surface area contributed by atoms with Crippen molar-refractivity contribution < 1.29 is 4.79 Å². The highest BCUT2D eigenvalue weighted by atomic mass is 32.1. The quantitative estimate of drug-likeness (QED) is 0.861. The SMILES string of the molecule is CN(Cc1cscn1)C(=O)c1cn(C2CNC2)nn1. The second-order valence-corrected chi connectivity index (χ2v) is 5.26. The molecule has 0 saturated carbocycles. The Kier molecular flexibility index (Phi) is 3.26. The fraction of sp³-hybridized carbons (Fsp3) is 0.455. The van der Waals surface area contributed by atoms with E-state index in [-0.39, 0.29) is 5.91 Å². The van der Waals surface area contributed by atoms with Gasteiger partial charge in [0, 0.05) is 25.5 Å². The zero-order valence-electron chi connectivity index (χ0n) is 10.5. The number of hydrogen-bond donors (Lipinski definition) is 1. The van der Waals surface area contributed by atoms with E-state index in [1.807, 2.05) is 5.38 Å². The van der Waals surface area contributed by atoms with E-state index >= 15 is 0 Å². The number of amides is 1. The lowest BCUT2D eigenvalue weighted by atomic mass is 10.2. The van der Waals surface area contributed by atoms with Gasteiger partial charge in [-0.2, -0.15) is 0 Å². The van der Waals surface area contributed by atoms with Gasteiger partial charge in [-0.25, -0.2) is 9.67 Å². The normalized spacial score (nSPS) is 15.2. The fourth-order valence-corrected chi connectivity index (χ4v) is 2.39. The first-order valence-electron chi connectivity index (χ1n) is 5.99. The molecule has 0 bridgehead atoms. The molecule has 8 heteroatoms. The number of rotatable bonds is 4. The number of carbonyl (C=O) groups is 1. The summed E-state index contributed by atoms with van der Waals surface area (Å²) < 4.78 is 1.75. The van der Waals surface area contributed by atoms with E-state index in [9.17, 15) is 4.79 Å². The summed E-state index contributed by atoms with van der Waals surface area (Å²) in [7, 11) is 1.74. The van der Waals surface area contributed by atoms with Crippen LogP contribution in [0.15, 0.2) is 17.1 Å². The highest BCUT2D eigenvalue weighted by Crippen LogP contribution is 2.11. The summed E-state index contributed by atoms with van der Waals surface area (Å²) in [6.07, 6.45) is 1.71. The van der Waals surface area contributed by atoms with Gasteiger partial charge >= 0.3 is 0 Å². The molecule has 0 aromatic carbocycles. The number of carbonyl (C=O) groups excluding carboxylic acids is 1. The zero-order valence-corrected chi connectivity index (χ0v) is 11.3. The first kappa shape index (κ1) is 12.2. The Balaban J connectivity index is 1.67. The Bertz CT molecular complexity index is 562. The van der Waals surface area contributed by atoms with Crippen molar-refractivity contribution in [2.45, 2.75) is 12.6 Å². The highest BCUT2D eigenvalue weighted by Gasteiger charge is 2.23. The lowest BCUT2D eigenvalue weighted by Gasteiger charge is -2.26. The average molecular weight is 278 g/mol. The van der Waals surface area contributed by atoms with Gasteiger partial charge in [-0.3, -0.25) is 4.79 Å². The van der Waals surface area contributed by atoms with Crippen LogP contribution in [0, 0.1) is 0 Å². The minimum absolute atomic E-state index is 0.133. The van der Waals surface area contributed by atoms with Crippen molar-refractivity contribution in [3.05, 3.63) is 28.5 Å². The van der Waals surface area contributed by atoms with Crippen LogP contribution in [0.3, 0.4) is 0 Å². The minimum atomic E-state index is -0.133. The molecular formula is C11H14N6OS. The van der Waals surface area contributed by atoms with E-state index in [2.05, 4.69) is 20.6 Å². The monoisotopic (exact) mass is 278 g/mol. The van der Waals surface area contributed by atoms with Gasteiger partial charge in [-0.05, 0) is 0 Å². The van der Waals surface area contributed by atoms with Gasteiger partial charge in [0.1, 0.15) is 0 Å². The van der Waals surface area contributed by atoms with Crippen molar-refractivity contribution >= 4 is 17.2 Å². The summed E-state index contributed by atoms with van der Waals surface area (Å²) in [5, 5.41) is 13.0. The minimum Gasteiger partial charge on any atom is -0.334 e. The Morgan fingerprint density at radius 3 is 3.11 bits per heavy atom. The van der Waals surface area contributed by atoms with Crippen LogP contribution in [0.2, 0.25) is 0 Å². The summed E-state index contributed by atoms with van der Waals surface area (Å²) in [5.74, 6) is -0.133. The number of aromatic nitrogens is 4. The lowest BCUT2D eigenvalue weighted by molar-refractivity contribution is 0.0777. The van der Waals surface area contributed by atoms with E-state index in [4.69, 9.17) is 0 Å². The number of thiazole rings is 1. The Labute approximate surface area is 114 Å². The van der Waals surface area contributed by atoms with Crippen molar-refractivity contribution in [1.82, 2.24) is 30.2 Å². The summed E-state index contributed by atoms with van der Waals surface area (Å²) >= 11 is 1.52. The topological polar surface area (TPSA) is 75.9 Å². The molecule has 19 heavy (non-hydrogen) atoms. The molecule has 2 aromatic heterocycles. The standard InChI is InChI=1S/C11H14N6OS/c1-16(4-8-6-19-7-13-8)11(18)10-5-17(15-14-10)9-2-12-3-9/h5-7,9,12H,2-4H2,1H3. The summed E-state index contributed by atoms with van der Waals surface area (Å²) in [6, 6.07) is 0.317. The Hall–Kier alpha value is -1.80. The Morgan fingerprint density at radius 2 is 2.47 bits per heavy atom. The maximum Gasteiger partial charge on any atom is 0.276 e. The molecule has 1 N–H and O–H groups in total. The molecule has 1 aliphatic heterocycles. The highest BCUT2D eigenvalue weighted by molar-refractivity contribution is 7.07. The number of hydrogen-bond acceptors (Lipinski definition) is 6. The van der Waals surface area contributed by atoms with Crippen molar-refractivity contribution in [2.24, 2.45) is 0 Å². The maximum atomic E-state index is 12.2. The van der Waals surface area contributed by atoms with Crippen LogP contribution in [0.1, 0.15) is 22.2 Å². The summed E-state index contributed by atoms with van der Waals surface area (Å²) in [5.41, 5.74) is 3.02. The molecule has 0 unspecified atom stereocenters. The van der Waals surface area contributed by atoms with Crippen LogP contribution in [0.25, 0.3) is 0 Å². The molecule has 1 amide bonds. The van der Waals surface area contributed by atoms with Gasteiger partial charge in [-0.15, -0.1) is 16.4 Å². The molecule has 3 heterocycles. The maximum absolute atomic E-state index is 12.2.